The average molecular weight is 446 g/mol. The Balaban J connectivity index is 1.55. The van der Waals surface area contributed by atoms with E-state index in [1.165, 1.54) is 17.5 Å². The smallest absolute Gasteiger partial charge is 0.291 e. The molecule has 1 atom stereocenters. The van der Waals surface area contributed by atoms with Gasteiger partial charge in [-0.05, 0) is 31.9 Å². The molecule has 4 rings (SSSR count). The average Bonchev–Trinajstić information content (AvgIpc) is 3.47. The molecule has 3 heterocycles. The molecular weight excluding hydrogens is 422 g/mol. The third kappa shape index (κ3) is 4.30. The van der Waals surface area contributed by atoms with E-state index in [1.807, 2.05) is 29.6 Å². The first kappa shape index (κ1) is 20.7. The molecule has 0 unspecified atom stereocenters. The summed E-state index contributed by atoms with van der Waals surface area (Å²) in [5.74, 6) is 0.112. The number of H-pyrrole nitrogens is 1. The number of para-hydroxylation sites is 1. The summed E-state index contributed by atoms with van der Waals surface area (Å²) in [6.07, 6.45) is 4.86. The van der Waals surface area contributed by atoms with Crippen molar-refractivity contribution in [3.8, 4) is 10.6 Å². The summed E-state index contributed by atoms with van der Waals surface area (Å²) in [4.78, 5) is 24.0. The number of carbonyl (C=O) groups excluding carboxylic acids is 1. The van der Waals surface area contributed by atoms with Crippen LogP contribution < -0.4 is 5.32 Å². The van der Waals surface area contributed by atoms with Crippen LogP contribution in [0, 0.1) is 0 Å². The lowest BCUT2D eigenvalue weighted by molar-refractivity contribution is 0.101. The fourth-order valence-corrected chi connectivity index (χ4v) is 5.69. The van der Waals surface area contributed by atoms with Crippen LogP contribution in [0.5, 0.6) is 0 Å². The van der Waals surface area contributed by atoms with Crippen LogP contribution in [0.2, 0.25) is 0 Å². The number of hydrogen-bond acceptors (Lipinski definition) is 6. The van der Waals surface area contributed by atoms with Crippen LogP contribution in [0.3, 0.4) is 0 Å². The quantitative estimate of drug-likeness (QED) is 0.605. The second kappa shape index (κ2) is 8.66. The van der Waals surface area contributed by atoms with Crippen molar-refractivity contribution in [2.75, 3.05) is 24.2 Å². The van der Waals surface area contributed by atoms with Gasteiger partial charge in [0.05, 0.1) is 17.1 Å². The zero-order valence-electron chi connectivity index (χ0n) is 16.5. The Bertz CT molecular complexity index is 1130. The van der Waals surface area contributed by atoms with Gasteiger partial charge in [0.15, 0.2) is 5.82 Å². The highest BCUT2D eigenvalue weighted by Gasteiger charge is 2.29. The first-order valence-corrected chi connectivity index (χ1v) is 12.3. The van der Waals surface area contributed by atoms with Crippen LogP contribution >= 0.6 is 11.3 Å². The molecule has 10 heteroatoms. The first-order valence-electron chi connectivity index (χ1n) is 9.81. The Labute approximate surface area is 179 Å². The van der Waals surface area contributed by atoms with Crippen molar-refractivity contribution in [2.45, 2.75) is 25.7 Å². The number of hydrogen-bond donors (Lipinski definition) is 2. The van der Waals surface area contributed by atoms with Crippen molar-refractivity contribution in [3.05, 3.63) is 53.6 Å². The van der Waals surface area contributed by atoms with Gasteiger partial charge in [-0.2, -0.15) is 0 Å². The number of aromatic amines is 1. The second-order valence-electron chi connectivity index (χ2n) is 7.11. The highest BCUT2D eigenvalue weighted by Crippen LogP contribution is 2.35. The molecule has 158 valence electrons. The van der Waals surface area contributed by atoms with E-state index in [-0.39, 0.29) is 23.4 Å². The zero-order chi connectivity index (χ0) is 21.1. The first-order chi connectivity index (χ1) is 14.5. The molecule has 1 aliphatic rings. The molecular formula is C20H23N5O3S2. The summed E-state index contributed by atoms with van der Waals surface area (Å²) in [7, 11) is -3.20. The molecule has 1 aromatic carbocycles. The number of carbonyl (C=O) groups is 1. The van der Waals surface area contributed by atoms with Gasteiger partial charge in [0.2, 0.25) is 10.0 Å². The molecule has 1 amide bonds. The minimum Gasteiger partial charge on any atom is -0.341 e. The summed E-state index contributed by atoms with van der Waals surface area (Å²) in [5.41, 5.74) is 2.37. The maximum absolute atomic E-state index is 12.4. The molecule has 1 saturated heterocycles. The maximum Gasteiger partial charge on any atom is 0.291 e. The highest BCUT2D eigenvalue weighted by molar-refractivity contribution is 7.89. The van der Waals surface area contributed by atoms with E-state index in [2.05, 4.69) is 15.3 Å². The number of benzene rings is 1. The Morgan fingerprint density at radius 1 is 1.37 bits per heavy atom. The van der Waals surface area contributed by atoms with Gasteiger partial charge in [-0.15, -0.1) is 11.3 Å². The SMILES string of the molecule is CCS(=O)(=O)N1CCC[C@H](c2csc(-c3ccccc3NC(=O)c3ncc[nH]3)n2)C1. The second-order valence-corrected chi connectivity index (χ2v) is 10.2. The molecule has 8 nitrogen and oxygen atoms in total. The van der Waals surface area contributed by atoms with Crippen molar-refractivity contribution >= 4 is 33.0 Å². The molecule has 0 spiro atoms. The Kier molecular flexibility index (Phi) is 5.98. The number of imidazole rings is 1. The van der Waals surface area contributed by atoms with Crippen molar-refractivity contribution in [3.63, 3.8) is 0 Å². The molecule has 0 saturated carbocycles. The number of thiazole rings is 1. The Hall–Kier alpha value is -2.56. The fourth-order valence-electron chi connectivity index (χ4n) is 3.57. The molecule has 2 aromatic heterocycles. The minimum atomic E-state index is -3.20. The standard InChI is InChI=1S/C20H23N5O3S2/c1-2-30(27,28)25-11-5-6-14(12-25)17-13-29-20(24-17)15-7-3-4-8-16(15)23-19(26)18-21-9-10-22-18/h3-4,7-10,13-14H,2,5-6,11-12H2,1H3,(H,21,22)(H,23,26)/t14-/m0/s1. The Morgan fingerprint density at radius 3 is 2.97 bits per heavy atom. The topological polar surface area (TPSA) is 108 Å². The third-order valence-electron chi connectivity index (χ3n) is 5.20. The summed E-state index contributed by atoms with van der Waals surface area (Å²) in [6, 6.07) is 7.49. The van der Waals surface area contributed by atoms with E-state index in [0.29, 0.717) is 18.8 Å². The van der Waals surface area contributed by atoms with Gasteiger partial charge in [-0.3, -0.25) is 4.79 Å². The van der Waals surface area contributed by atoms with Gasteiger partial charge >= 0.3 is 0 Å². The number of sulfonamides is 1. The van der Waals surface area contributed by atoms with E-state index < -0.39 is 10.0 Å². The lowest BCUT2D eigenvalue weighted by atomic mass is 9.97. The number of amides is 1. The van der Waals surface area contributed by atoms with Gasteiger partial charge < -0.3 is 10.3 Å². The maximum atomic E-state index is 12.4. The van der Waals surface area contributed by atoms with E-state index >= 15 is 0 Å². The number of anilines is 1. The third-order valence-corrected chi connectivity index (χ3v) is 7.94. The molecule has 1 fully saturated rings. The van der Waals surface area contributed by atoms with E-state index in [4.69, 9.17) is 4.98 Å². The van der Waals surface area contributed by atoms with Crippen molar-refractivity contribution in [1.82, 2.24) is 19.3 Å². The number of nitrogens with one attached hydrogen (secondary N) is 2. The minimum absolute atomic E-state index is 0.0787. The summed E-state index contributed by atoms with van der Waals surface area (Å²) >= 11 is 1.50. The molecule has 30 heavy (non-hydrogen) atoms. The summed E-state index contributed by atoms with van der Waals surface area (Å²) in [6.45, 7) is 2.72. The molecule has 3 aromatic rings. The molecule has 0 bridgehead atoms. The van der Waals surface area contributed by atoms with Crippen molar-refractivity contribution in [2.24, 2.45) is 0 Å². The van der Waals surface area contributed by atoms with Crippen molar-refractivity contribution < 1.29 is 13.2 Å². The Morgan fingerprint density at radius 2 is 2.20 bits per heavy atom. The van der Waals surface area contributed by atoms with E-state index in [0.717, 1.165) is 29.1 Å². The normalized spacial score (nSPS) is 17.7. The lowest BCUT2D eigenvalue weighted by Crippen LogP contribution is -2.39. The monoisotopic (exact) mass is 445 g/mol. The number of piperidine rings is 1. The van der Waals surface area contributed by atoms with Gasteiger partial charge in [0, 0.05) is 42.3 Å². The molecule has 2 N–H and O–H groups in total. The lowest BCUT2D eigenvalue weighted by Gasteiger charge is -2.30. The molecule has 0 radical (unpaired) electrons. The number of aromatic nitrogens is 3. The van der Waals surface area contributed by atoms with Gasteiger partial charge in [0.25, 0.3) is 5.91 Å². The molecule has 1 aliphatic heterocycles. The van der Waals surface area contributed by atoms with Crippen molar-refractivity contribution in [1.29, 1.82) is 0 Å². The summed E-state index contributed by atoms with van der Waals surface area (Å²) < 4.78 is 26.1. The van der Waals surface area contributed by atoms with Crippen LogP contribution in [-0.4, -0.2) is 52.4 Å². The molecule has 0 aliphatic carbocycles. The van der Waals surface area contributed by atoms with Gasteiger partial charge in [-0.25, -0.2) is 22.7 Å². The number of nitrogens with zero attached hydrogens (tertiary/aromatic N) is 3. The fraction of sp³-hybridized carbons (Fsp3) is 0.350. The largest absolute Gasteiger partial charge is 0.341 e. The predicted molar refractivity (Wildman–Crippen MR) is 117 cm³/mol. The van der Waals surface area contributed by atoms with Gasteiger partial charge in [0.1, 0.15) is 5.01 Å². The van der Waals surface area contributed by atoms with Gasteiger partial charge in [-0.1, -0.05) is 12.1 Å². The van der Waals surface area contributed by atoms with E-state index in [9.17, 15) is 13.2 Å². The van der Waals surface area contributed by atoms with Crippen LogP contribution in [0.25, 0.3) is 10.6 Å². The predicted octanol–water partition coefficient (Wildman–Crippen LogP) is 3.31. The van der Waals surface area contributed by atoms with Crippen LogP contribution in [-0.2, 0) is 10.0 Å². The number of rotatable bonds is 6. The zero-order valence-corrected chi connectivity index (χ0v) is 18.2. The van der Waals surface area contributed by atoms with Crippen LogP contribution in [0.15, 0.2) is 42.0 Å². The van der Waals surface area contributed by atoms with Crippen LogP contribution in [0.1, 0.15) is 42.0 Å². The van der Waals surface area contributed by atoms with E-state index in [1.54, 1.807) is 17.4 Å². The van der Waals surface area contributed by atoms with Crippen LogP contribution in [0.4, 0.5) is 5.69 Å². The highest BCUT2D eigenvalue weighted by atomic mass is 32.2. The summed E-state index contributed by atoms with van der Waals surface area (Å²) in [5, 5.41) is 5.66.